The normalized spacial score (nSPS) is 11.8. The van der Waals surface area contributed by atoms with Crippen molar-refractivity contribution in [3.05, 3.63) is 21.9 Å². The zero-order valence-electron chi connectivity index (χ0n) is 8.29. The molecule has 2 rings (SSSR count). The van der Waals surface area contributed by atoms with Gasteiger partial charge in [-0.25, -0.2) is 9.50 Å². The predicted octanol–water partition coefficient (Wildman–Crippen LogP) is 2.65. The van der Waals surface area contributed by atoms with Gasteiger partial charge in [0.05, 0.1) is 0 Å². The van der Waals surface area contributed by atoms with Crippen molar-refractivity contribution in [2.45, 2.75) is 6.18 Å². The number of amides is 1. The van der Waals surface area contributed by atoms with Crippen LogP contribution in [-0.4, -0.2) is 26.7 Å². The minimum atomic E-state index is -4.99. The van der Waals surface area contributed by atoms with Crippen LogP contribution in [0.1, 0.15) is 0 Å². The third-order valence-corrected chi connectivity index (χ3v) is 2.79. The minimum absolute atomic E-state index is 0.0672. The first-order chi connectivity index (χ1) is 8.29. The molecule has 0 aliphatic heterocycles. The highest BCUT2D eigenvalue weighted by Gasteiger charge is 2.39. The van der Waals surface area contributed by atoms with Gasteiger partial charge in [0.1, 0.15) is 5.15 Å². The Bertz CT molecular complexity index is 627. The number of alkyl halides is 3. The average molecular weight is 343 g/mol. The molecular formula is C8H3BrClF3N4O. The second-order valence-electron chi connectivity index (χ2n) is 3.13. The van der Waals surface area contributed by atoms with E-state index in [2.05, 4.69) is 26.0 Å². The predicted molar refractivity (Wildman–Crippen MR) is 60.4 cm³/mol. The molecule has 96 valence electrons. The van der Waals surface area contributed by atoms with Crippen molar-refractivity contribution in [3.8, 4) is 0 Å². The molecular weight excluding hydrogens is 340 g/mol. The van der Waals surface area contributed by atoms with Crippen molar-refractivity contribution >= 4 is 44.9 Å². The molecule has 1 N–H and O–H groups in total. The first-order valence-electron chi connectivity index (χ1n) is 4.38. The number of carbonyl (C=O) groups excluding carboxylic acids is 1. The number of hydrogen-bond acceptors (Lipinski definition) is 3. The van der Waals surface area contributed by atoms with Crippen LogP contribution in [-0.2, 0) is 4.79 Å². The van der Waals surface area contributed by atoms with Gasteiger partial charge < -0.3 is 5.32 Å². The Labute approximate surface area is 111 Å². The SMILES string of the molecule is O=C(Nc1nc2ccc(Cl)nn2c1Br)C(F)(F)F. The molecule has 18 heavy (non-hydrogen) atoms. The van der Waals surface area contributed by atoms with Gasteiger partial charge in [-0.05, 0) is 28.1 Å². The average Bonchev–Trinajstić information content (AvgIpc) is 2.55. The van der Waals surface area contributed by atoms with Crippen LogP contribution in [0, 0.1) is 0 Å². The van der Waals surface area contributed by atoms with E-state index < -0.39 is 12.1 Å². The minimum Gasteiger partial charge on any atom is -0.300 e. The smallest absolute Gasteiger partial charge is 0.300 e. The fourth-order valence-electron chi connectivity index (χ4n) is 1.14. The van der Waals surface area contributed by atoms with E-state index >= 15 is 0 Å². The second kappa shape index (κ2) is 4.39. The van der Waals surface area contributed by atoms with Gasteiger partial charge in [-0.3, -0.25) is 4.79 Å². The number of nitrogens with zero attached hydrogens (tertiary/aromatic N) is 3. The Morgan fingerprint density at radius 1 is 1.44 bits per heavy atom. The molecule has 0 radical (unpaired) electrons. The van der Waals surface area contributed by atoms with Crippen LogP contribution in [0.5, 0.6) is 0 Å². The van der Waals surface area contributed by atoms with Crippen molar-refractivity contribution in [1.82, 2.24) is 14.6 Å². The number of rotatable bonds is 1. The molecule has 0 saturated heterocycles. The number of carbonyl (C=O) groups is 1. The molecule has 0 aliphatic rings. The zero-order valence-corrected chi connectivity index (χ0v) is 10.6. The zero-order chi connectivity index (χ0) is 13.5. The Kier molecular flexibility index (Phi) is 3.20. The molecule has 0 fully saturated rings. The molecule has 0 spiro atoms. The summed E-state index contributed by atoms with van der Waals surface area (Å²) in [5.74, 6) is -2.40. The van der Waals surface area contributed by atoms with Crippen molar-refractivity contribution < 1.29 is 18.0 Å². The van der Waals surface area contributed by atoms with Crippen LogP contribution < -0.4 is 5.32 Å². The lowest BCUT2D eigenvalue weighted by molar-refractivity contribution is -0.167. The molecule has 2 aromatic heterocycles. The second-order valence-corrected chi connectivity index (χ2v) is 4.27. The van der Waals surface area contributed by atoms with Gasteiger partial charge in [0.15, 0.2) is 16.1 Å². The van der Waals surface area contributed by atoms with Gasteiger partial charge >= 0.3 is 12.1 Å². The van der Waals surface area contributed by atoms with Crippen molar-refractivity contribution in [2.75, 3.05) is 5.32 Å². The molecule has 0 aromatic carbocycles. The van der Waals surface area contributed by atoms with E-state index in [1.54, 1.807) is 5.32 Å². The lowest BCUT2D eigenvalue weighted by atomic mass is 10.5. The number of hydrogen-bond donors (Lipinski definition) is 1. The van der Waals surface area contributed by atoms with Crippen LogP contribution in [0.25, 0.3) is 5.65 Å². The monoisotopic (exact) mass is 342 g/mol. The number of anilines is 1. The maximum Gasteiger partial charge on any atom is 0.471 e. The Balaban J connectivity index is 2.41. The number of fused-ring (bicyclic) bond motifs is 1. The summed E-state index contributed by atoms with van der Waals surface area (Å²) in [7, 11) is 0. The van der Waals surface area contributed by atoms with Gasteiger partial charge in [0.25, 0.3) is 0 Å². The van der Waals surface area contributed by atoms with E-state index in [1.807, 2.05) is 0 Å². The summed E-state index contributed by atoms with van der Waals surface area (Å²) in [6.07, 6.45) is -4.99. The molecule has 0 unspecified atom stereocenters. The first-order valence-corrected chi connectivity index (χ1v) is 5.55. The first kappa shape index (κ1) is 13.1. The number of imidazole rings is 1. The maximum absolute atomic E-state index is 12.1. The van der Waals surface area contributed by atoms with Crippen molar-refractivity contribution in [1.29, 1.82) is 0 Å². The lowest BCUT2D eigenvalue weighted by Crippen LogP contribution is -2.30. The Morgan fingerprint density at radius 2 is 2.11 bits per heavy atom. The van der Waals surface area contributed by atoms with Gasteiger partial charge in [-0.15, -0.1) is 0 Å². The standard InChI is InChI=1S/C8H3BrClF3N4O/c9-5-6(15-7(18)8(11,12)13)14-4-2-1-3(10)16-17(4)5/h1-2H,(H,15,18). The number of aromatic nitrogens is 3. The van der Waals surface area contributed by atoms with Crippen LogP contribution in [0.2, 0.25) is 5.15 Å². The maximum atomic E-state index is 12.1. The van der Waals surface area contributed by atoms with E-state index in [-0.39, 0.29) is 21.2 Å². The molecule has 10 heteroatoms. The Hall–Kier alpha value is -1.35. The summed E-state index contributed by atoms with van der Waals surface area (Å²) in [5, 5.41) is 5.57. The van der Waals surface area contributed by atoms with Crippen LogP contribution in [0.3, 0.4) is 0 Å². The molecule has 5 nitrogen and oxygen atoms in total. The summed E-state index contributed by atoms with van der Waals surface area (Å²) in [4.78, 5) is 14.5. The quantitative estimate of drug-likeness (QED) is 0.866. The summed E-state index contributed by atoms with van der Waals surface area (Å²) in [6.45, 7) is 0. The third kappa shape index (κ3) is 2.41. The third-order valence-electron chi connectivity index (χ3n) is 1.88. The largest absolute Gasteiger partial charge is 0.471 e. The summed E-state index contributed by atoms with van der Waals surface area (Å²) in [5.41, 5.74) is 0.240. The highest BCUT2D eigenvalue weighted by atomic mass is 79.9. The highest BCUT2D eigenvalue weighted by Crippen LogP contribution is 2.25. The van der Waals surface area contributed by atoms with E-state index in [9.17, 15) is 18.0 Å². The molecule has 1 amide bonds. The van der Waals surface area contributed by atoms with Crippen molar-refractivity contribution in [2.24, 2.45) is 0 Å². The summed E-state index contributed by atoms with van der Waals surface area (Å²) >= 11 is 8.61. The van der Waals surface area contributed by atoms with E-state index in [0.29, 0.717) is 0 Å². The molecule has 0 bridgehead atoms. The van der Waals surface area contributed by atoms with Crippen LogP contribution in [0.4, 0.5) is 19.0 Å². The Morgan fingerprint density at radius 3 is 2.72 bits per heavy atom. The van der Waals surface area contributed by atoms with Crippen LogP contribution in [0.15, 0.2) is 16.7 Å². The molecule has 0 saturated carbocycles. The number of nitrogens with one attached hydrogen (secondary N) is 1. The number of halogens is 5. The fraction of sp³-hybridized carbons (Fsp3) is 0.125. The van der Waals surface area contributed by atoms with Crippen LogP contribution >= 0.6 is 27.5 Å². The fourth-order valence-corrected chi connectivity index (χ4v) is 1.73. The van der Waals surface area contributed by atoms with Gasteiger partial charge in [0, 0.05) is 0 Å². The molecule has 0 atom stereocenters. The van der Waals surface area contributed by atoms with E-state index in [1.165, 1.54) is 12.1 Å². The van der Waals surface area contributed by atoms with Gasteiger partial charge in [0.2, 0.25) is 0 Å². The van der Waals surface area contributed by atoms with Gasteiger partial charge in [-0.1, -0.05) is 11.6 Å². The highest BCUT2D eigenvalue weighted by molar-refractivity contribution is 9.10. The molecule has 2 heterocycles. The molecule has 2 aromatic rings. The lowest BCUT2D eigenvalue weighted by Gasteiger charge is -2.05. The summed E-state index contributed by atoms with van der Waals surface area (Å²) in [6, 6.07) is 2.87. The van der Waals surface area contributed by atoms with Crippen molar-refractivity contribution in [3.63, 3.8) is 0 Å². The van der Waals surface area contributed by atoms with E-state index in [0.717, 1.165) is 4.52 Å². The van der Waals surface area contributed by atoms with Gasteiger partial charge in [-0.2, -0.15) is 18.3 Å². The molecule has 0 aliphatic carbocycles. The van der Waals surface area contributed by atoms with E-state index in [4.69, 9.17) is 11.6 Å². The summed E-state index contributed by atoms with van der Waals surface area (Å²) < 4.78 is 37.5. The topological polar surface area (TPSA) is 59.3 Å².